The van der Waals surface area contributed by atoms with Gasteiger partial charge in [0.2, 0.25) is 0 Å². The van der Waals surface area contributed by atoms with Gasteiger partial charge in [-0.25, -0.2) is 4.98 Å². The smallest absolute Gasteiger partial charge is 0.125 e. The van der Waals surface area contributed by atoms with Crippen LogP contribution in [0.25, 0.3) is 0 Å². The molecule has 0 aromatic carbocycles. The van der Waals surface area contributed by atoms with Crippen molar-refractivity contribution in [2.24, 2.45) is 0 Å². The zero-order chi connectivity index (χ0) is 11.2. The lowest BCUT2D eigenvalue weighted by atomic mass is 10.3. The molecule has 2 rings (SSSR count). The minimum atomic E-state index is 0.481. The van der Waals surface area contributed by atoms with E-state index in [0.717, 1.165) is 23.9 Å². The van der Waals surface area contributed by atoms with Gasteiger partial charge in [0.25, 0.3) is 0 Å². The number of hydrogen-bond donors (Lipinski definition) is 1. The molecule has 1 saturated heterocycles. The quantitative estimate of drug-likeness (QED) is 0.855. The third-order valence-electron chi connectivity index (χ3n) is 2.68. The molecule has 0 bridgehead atoms. The fraction of sp³-hybridized carbons (Fsp3) is 0.583. The summed E-state index contributed by atoms with van der Waals surface area (Å²) in [7, 11) is 1.88. The van der Waals surface area contributed by atoms with Crippen LogP contribution < -0.4 is 5.32 Å². The van der Waals surface area contributed by atoms with Gasteiger partial charge in [0.05, 0.1) is 6.10 Å². The van der Waals surface area contributed by atoms with Crippen LogP contribution in [0.4, 0.5) is 5.82 Å². The molecule has 1 aliphatic rings. The Balaban J connectivity index is 1.71. The maximum absolute atomic E-state index is 5.58. The minimum absolute atomic E-state index is 0.481. The fourth-order valence-electron chi connectivity index (χ4n) is 1.74. The molecule has 1 aromatic heterocycles. The molecule has 0 saturated carbocycles. The number of ether oxygens (including phenoxy) is 1. The van der Waals surface area contributed by atoms with Crippen molar-refractivity contribution in [3.8, 4) is 0 Å². The molecule has 0 aliphatic carbocycles. The van der Waals surface area contributed by atoms with Crippen LogP contribution in [0.1, 0.15) is 18.4 Å². The summed E-state index contributed by atoms with van der Waals surface area (Å²) >= 11 is 1.93. The van der Waals surface area contributed by atoms with E-state index >= 15 is 0 Å². The molecule has 0 spiro atoms. The SMILES string of the molecule is CNc1ccc(CSCC2CCCO2)cn1. The van der Waals surface area contributed by atoms with E-state index in [2.05, 4.69) is 16.4 Å². The standard InChI is InChI=1S/C12H18N2OS/c1-13-12-5-4-10(7-14-12)8-16-9-11-3-2-6-15-11/h4-5,7,11H,2-3,6,8-9H2,1H3,(H,13,14). The summed E-state index contributed by atoms with van der Waals surface area (Å²) in [6.45, 7) is 0.948. The van der Waals surface area contributed by atoms with Crippen LogP contribution in [0.3, 0.4) is 0 Å². The predicted octanol–water partition coefficient (Wildman–Crippen LogP) is 2.54. The second kappa shape index (κ2) is 6.11. The van der Waals surface area contributed by atoms with Crippen molar-refractivity contribution in [1.29, 1.82) is 0 Å². The van der Waals surface area contributed by atoms with Crippen LogP contribution in [-0.4, -0.2) is 30.5 Å². The summed E-state index contributed by atoms with van der Waals surface area (Å²) in [6, 6.07) is 4.14. The summed E-state index contributed by atoms with van der Waals surface area (Å²) in [5.74, 6) is 3.05. The van der Waals surface area contributed by atoms with Crippen LogP contribution in [-0.2, 0) is 10.5 Å². The van der Waals surface area contributed by atoms with Crippen LogP contribution in [0, 0.1) is 0 Å². The highest BCUT2D eigenvalue weighted by molar-refractivity contribution is 7.98. The molecule has 1 aliphatic heterocycles. The molecule has 4 heteroatoms. The Labute approximate surface area is 101 Å². The topological polar surface area (TPSA) is 34.1 Å². The van der Waals surface area contributed by atoms with Crippen molar-refractivity contribution < 1.29 is 4.74 Å². The lowest BCUT2D eigenvalue weighted by Crippen LogP contribution is -2.07. The monoisotopic (exact) mass is 238 g/mol. The predicted molar refractivity (Wildman–Crippen MR) is 68.9 cm³/mol. The van der Waals surface area contributed by atoms with Crippen LogP contribution >= 0.6 is 11.8 Å². The number of nitrogens with one attached hydrogen (secondary N) is 1. The highest BCUT2D eigenvalue weighted by Crippen LogP contribution is 2.20. The summed E-state index contributed by atoms with van der Waals surface area (Å²) in [5, 5.41) is 3.02. The Morgan fingerprint density at radius 3 is 3.12 bits per heavy atom. The van der Waals surface area contributed by atoms with E-state index < -0.39 is 0 Å². The van der Waals surface area contributed by atoms with Gasteiger partial charge in [0.15, 0.2) is 0 Å². The number of aromatic nitrogens is 1. The molecule has 1 atom stereocenters. The second-order valence-electron chi connectivity index (χ2n) is 3.95. The van der Waals surface area contributed by atoms with E-state index in [0.29, 0.717) is 6.10 Å². The summed E-state index contributed by atoms with van der Waals surface area (Å²) < 4.78 is 5.58. The number of anilines is 1. The van der Waals surface area contributed by atoms with Gasteiger partial charge >= 0.3 is 0 Å². The Kier molecular flexibility index (Phi) is 4.48. The average molecular weight is 238 g/mol. The first kappa shape index (κ1) is 11.7. The zero-order valence-electron chi connectivity index (χ0n) is 9.61. The normalized spacial score (nSPS) is 19.9. The van der Waals surface area contributed by atoms with Gasteiger partial charge in [-0.2, -0.15) is 11.8 Å². The third kappa shape index (κ3) is 3.39. The molecule has 1 N–H and O–H groups in total. The fourth-order valence-corrected chi connectivity index (χ4v) is 2.79. The van der Waals surface area contributed by atoms with Crippen LogP contribution in [0.2, 0.25) is 0 Å². The van der Waals surface area contributed by atoms with Gasteiger partial charge in [-0.1, -0.05) is 6.07 Å². The molecule has 0 radical (unpaired) electrons. The molecule has 0 amide bonds. The molecular weight excluding hydrogens is 220 g/mol. The van der Waals surface area contributed by atoms with Crippen molar-refractivity contribution in [1.82, 2.24) is 4.98 Å². The van der Waals surface area contributed by atoms with E-state index in [9.17, 15) is 0 Å². The molecular formula is C12H18N2OS. The number of nitrogens with zero attached hydrogens (tertiary/aromatic N) is 1. The van der Waals surface area contributed by atoms with Gasteiger partial charge in [-0.05, 0) is 24.5 Å². The molecule has 1 fully saturated rings. The van der Waals surface area contributed by atoms with Crippen molar-refractivity contribution in [3.63, 3.8) is 0 Å². The van der Waals surface area contributed by atoms with Crippen molar-refractivity contribution in [2.75, 3.05) is 24.7 Å². The average Bonchev–Trinajstić information content (AvgIpc) is 2.83. The largest absolute Gasteiger partial charge is 0.377 e. The first-order valence-corrected chi connectivity index (χ1v) is 6.86. The maximum Gasteiger partial charge on any atom is 0.125 e. The van der Waals surface area contributed by atoms with Gasteiger partial charge in [-0.3, -0.25) is 0 Å². The minimum Gasteiger partial charge on any atom is -0.377 e. The molecule has 88 valence electrons. The highest BCUT2D eigenvalue weighted by Gasteiger charge is 2.14. The second-order valence-corrected chi connectivity index (χ2v) is 4.98. The molecule has 3 nitrogen and oxygen atoms in total. The zero-order valence-corrected chi connectivity index (χ0v) is 10.4. The molecule has 2 heterocycles. The van der Waals surface area contributed by atoms with Crippen LogP contribution in [0.5, 0.6) is 0 Å². The number of pyridine rings is 1. The molecule has 1 unspecified atom stereocenters. The maximum atomic E-state index is 5.58. The Morgan fingerprint density at radius 1 is 1.56 bits per heavy atom. The Morgan fingerprint density at radius 2 is 2.50 bits per heavy atom. The van der Waals surface area contributed by atoms with E-state index in [1.54, 1.807) is 0 Å². The number of rotatable bonds is 5. The Hall–Kier alpha value is -0.740. The first-order valence-electron chi connectivity index (χ1n) is 5.70. The van der Waals surface area contributed by atoms with E-state index in [-0.39, 0.29) is 0 Å². The van der Waals surface area contributed by atoms with Gasteiger partial charge < -0.3 is 10.1 Å². The lowest BCUT2D eigenvalue weighted by molar-refractivity contribution is 0.129. The van der Waals surface area contributed by atoms with Gasteiger partial charge in [0.1, 0.15) is 5.82 Å². The van der Waals surface area contributed by atoms with Crippen molar-refractivity contribution >= 4 is 17.6 Å². The van der Waals surface area contributed by atoms with Gasteiger partial charge in [-0.15, -0.1) is 0 Å². The third-order valence-corrected chi connectivity index (χ3v) is 3.82. The molecule has 16 heavy (non-hydrogen) atoms. The van der Waals surface area contributed by atoms with E-state index in [1.807, 2.05) is 31.1 Å². The Bertz CT molecular complexity index is 309. The van der Waals surface area contributed by atoms with Gasteiger partial charge in [0, 0.05) is 31.4 Å². The number of thioether (sulfide) groups is 1. The highest BCUT2D eigenvalue weighted by atomic mass is 32.2. The molecule has 1 aromatic rings. The lowest BCUT2D eigenvalue weighted by Gasteiger charge is -2.08. The first-order chi connectivity index (χ1) is 7.88. The van der Waals surface area contributed by atoms with Crippen LogP contribution in [0.15, 0.2) is 18.3 Å². The van der Waals surface area contributed by atoms with Crippen molar-refractivity contribution in [2.45, 2.75) is 24.7 Å². The van der Waals surface area contributed by atoms with Crippen molar-refractivity contribution in [3.05, 3.63) is 23.9 Å². The summed E-state index contributed by atoms with van der Waals surface area (Å²) in [4.78, 5) is 4.29. The summed E-state index contributed by atoms with van der Waals surface area (Å²) in [5.41, 5.74) is 1.28. The summed E-state index contributed by atoms with van der Waals surface area (Å²) in [6.07, 6.45) is 4.87. The number of hydrogen-bond acceptors (Lipinski definition) is 4. The van der Waals surface area contributed by atoms with E-state index in [1.165, 1.54) is 18.4 Å². The van der Waals surface area contributed by atoms with E-state index in [4.69, 9.17) is 4.74 Å².